The van der Waals surface area contributed by atoms with E-state index >= 15 is 0 Å². The summed E-state index contributed by atoms with van der Waals surface area (Å²) in [5, 5.41) is 12.0. The van der Waals surface area contributed by atoms with Gasteiger partial charge in [0.25, 0.3) is 0 Å². The fourth-order valence-electron chi connectivity index (χ4n) is 1.61. The molecule has 1 rings (SSSR count). The minimum absolute atomic E-state index is 0.0748. The smallest absolute Gasteiger partial charge is 0.220 e. The number of carbonyl (C=O) groups is 1. The largest absolute Gasteiger partial charge is 0.508 e. The lowest BCUT2D eigenvalue weighted by molar-refractivity contribution is -0.121. The van der Waals surface area contributed by atoms with Gasteiger partial charge in [-0.25, -0.2) is 0 Å². The van der Waals surface area contributed by atoms with Gasteiger partial charge in [0.2, 0.25) is 5.91 Å². The fourth-order valence-corrected chi connectivity index (χ4v) is 1.61. The molecule has 0 aromatic heterocycles. The van der Waals surface area contributed by atoms with E-state index in [1.54, 1.807) is 12.1 Å². The highest BCUT2D eigenvalue weighted by Crippen LogP contribution is 2.09. The Hall–Kier alpha value is -1.95. The van der Waals surface area contributed by atoms with Gasteiger partial charge in [0.05, 0.1) is 0 Å². The molecule has 0 bridgehead atoms. The molecular formula is C15H19NO2. The second-order valence-corrected chi connectivity index (χ2v) is 4.18. The Balaban J connectivity index is 2.12. The van der Waals surface area contributed by atoms with E-state index < -0.39 is 0 Å². The van der Waals surface area contributed by atoms with E-state index in [0.717, 1.165) is 31.2 Å². The van der Waals surface area contributed by atoms with Gasteiger partial charge in [-0.3, -0.25) is 4.79 Å². The average Bonchev–Trinajstić information content (AvgIpc) is 2.37. The van der Waals surface area contributed by atoms with Crippen LogP contribution >= 0.6 is 0 Å². The molecule has 18 heavy (non-hydrogen) atoms. The number of phenolic OH excluding ortho intramolecular Hbond substituents is 1. The Bertz CT molecular complexity index is 403. The number of carbonyl (C=O) groups excluding carboxylic acids is 1. The van der Waals surface area contributed by atoms with Crippen LogP contribution in [0.2, 0.25) is 0 Å². The third kappa shape index (κ3) is 5.95. The van der Waals surface area contributed by atoms with E-state index in [1.165, 1.54) is 0 Å². The lowest BCUT2D eigenvalue weighted by Crippen LogP contribution is -2.25. The predicted octanol–water partition coefficient (Wildman–Crippen LogP) is 2.24. The Labute approximate surface area is 108 Å². The monoisotopic (exact) mass is 245 g/mol. The molecule has 1 amide bonds. The van der Waals surface area contributed by atoms with Crippen LogP contribution in [0.15, 0.2) is 24.3 Å². The van der Waals surface area contributed by atoms with Crippen molar-refractivity contribution in [2.24, 2.45) is 0 Å². The first-order valence-corrected chi connectivity index (χ1v) is 6.20. The van der Waals surface area contributed by atoms with Crippen molar-refractivity contribution in [2.45, 2.75) is 32.1 Å². The van der Waals surface area contributed by atoms with Gasteiger partial charge in [-0.05, 0) is 37.0 Å². The molecule has 2 N–H and O–H groups in total. The second kappa shape index (κ2) is 8.19. The van der Waals surface area contributed by atoms with Crippen molar-refractivity contribution in [3.63, 3.8) is 0 Å². The van der Waals surface area contributed by atoms with Gasteiger partial charge in [0.1, 0.15) is 5.75 Å². The molecule has 0 aliphatic carbocycles. The highest BCUT2D eigenvalue weighted by atomic mass is 16.3. The van der Waals surface area contributed by atoms with E-state index in [4.69, 9.17) is 11.5 Å². The number of aromatic hydroxyl groups is 1. The number of amides is 1. The van der Waals surface area contributed by atoms with E-state index in [0.29, 0.717) is 13.0 Å². The molecule has 1 aromatic carbocycles. The van der Waals surface area contributed by atoms with Gasteiger partial charge in [-0.15, -0.1) is 12.3 Å². The standard InChI is InChI=1S/C15H19NO2/c1-2-3-4-5-6-15(18)16-12-11-13-7-9-14(17)10-8-13/h1,7-10,17H,3-6,11-12H2,(H,16,18). The SMILES string of the molecule is C#CCCCCC(=O)NCCc1ccc(O)cc1. The van der Waals surface area contributed by atoms with Crippen LogP contribution in [-0.2, 0) is 11.2 Å². The highest BCUT2D eigenvalue weighted by molar-refractivity contribution is 5.75. The summed E-state index contributed by atoms with van der Waals surface area (Å²) in [6.07, 6.45) is 8.93. The van der Waals surface area contributed by atoms with Crippen molar-refractivity contribution in [1.82, 2.24) is 5.32 Å². The minimum atomic E-state index is 0.0748. The number of unbranched alkanes of at least 4 members (excludes halogenated alkanes) is 2. The topological polar surface area (TPSA) is 49.3 Å². The first-order valence-electron chi connectivity index (χ1n) is 6.20. The number of phenols is 1. The van der Waals surface area contributed by atoms with Crippen LogP contribution in [0.5, 0.6) is 5.75 Å². The molecule has 0 saturated carbocycles. The Kier molecular flexibility index (Phi) is 6.42. The zero-order valence-electron chi connectivity index (χ0n) is 10.5. The number of benzene rings is 1. The first-order chi connectivity index (χ1) is 8.72. The van der Waals surface area contributed by atoms with Crippen LogP contribution in [0.25, 0.3) is 0 Å². The second-order valence-electron chi connectivity index (χ2n) is 4.18. The van der Waals surface area contributed by atoms with Crippen molar-refractivity contribution in [1.29, 1.82) is 0 Å². The van der Waals surface area contributed by atoms with Crippen LogP contribution in [-0.4, -0.2) is 17.6 Å². The van der Waals surface area contributed by atoms with E-state index in [2.05, 4.69) is 11.2 Å². The normalized spacial score (nSPS) is 9.72. The number of terminal acetylenes is 1. The highest BCUT2D eigenvalue weighted by Gasteiger charge is 2.00. The van der Waals surface area contributed by atoms with Crippen LogP contribution in [0.4, 0.5) is 0 Å². The summed E-state index contributed by atoms with van der Waals surface area (Å²) in [7, 11) is 0. The predicted molar refractivity (Wildman–Crippen MR) is 72.1 cm³/mol. The fraction of sp³-hybridized carbons (Fsp3) is 0.400. The van der Waals surface area contributed by atoms with Gasteiger partial charge in [0.15, 0.2) is 0 Å². The zero-order valence-corrected chi connectivity index (χ0v) is 10.5. The molecule has 96 valence electrons. The summed E-state index contributed by atoms with van der Waals surface area (Å²) in [6.45, 7) is 0.624. The van der Waals surface area contributed by atoms with Crippen molar-refractivity contribution >= 4 is 5.91 Å². The quantitative estimate of drug-likeness (QED) is 0.572. The van der Waals surface area contributed by atoms with Gasteiger partial charge < -0.3 is 10.4 Å². The van der Waals surface area contributed by atoms with Gasteiger partial charge in [0, 0.05) is 19.4 Å². The molecule has 0 aliphatic rings. The Morgan fingerprint density at radius 3 is 2.67 bits per heavy atom. The van der Waals surface area contributed by atoms with Crippen molar-refractivity contribution in [3.05, 3.63) is 29.8 Å². The van der Waals surface area contributed by atoms with Crippen LogP contribution in [0.1, 0.15) is 31.2 Å². The molecule has 0 spiro atoms. The molecule has 1 aromatic rings. The Morgan fingerprint density at radius 1 is 1.28 bits per heavy atom. The van der Waals surface area contributed by atoms with Crippen molar-refractivity contribution in [3.8, 4) is 18.1 Å². The van der Waals surface area contributed by atoms with E-state index in [-0.39, 0.29) is 11.7 Å². The van der Waals surface area contributed by atoms with Crippen LogP contribution in [0, 0.1) is 12.3 Å². The van der Waals surface area contributed by atoms with Crippen LogP contribution < -0.4 is 5.32 Å². The number of rotatable bonds is 7. The summed E-state index contributed by atoms with van der Waals surface area (Å²) in [4.78, 5) is 11.4. The molecule has 0 fully saturated rings. The molecule has 3 heteroatoms. The molecule has 0 saturated heterocycles. The van der Waals surface area contributed by atoms with Gasteiger partial charge >= 0.3 is 0 Å². The molecule has 0 aliphatic heterocycles. The number of hydrogen-bond donors (Lipinski definition) is 2. The Morgan fingerprint density at radius 2 is 2.00 bits per heavy atom. The molecule has 0 heterocycles. The molecule has 0 atom stereocenters. The van der Waals surface area contributed by atoms with Crippen molar-refractivity contribution < 1.29 is 9.90 Å². The molecular weight excluding hydrogens is 226 g/mol. The third-order valence-corrected chi connectivity index (χ3v) is 2.65. The number of hydrogen-bond acceptors (Lipinski definition) is 2. The summed E-state index contributed by atoms with van der Waals surface area (Å²) in [5.74, 6) is 2.89. The molecule has 0 unspecified atom stereocenters. The maximum absolute atomic E-state index is 11.4. The van der Waals surface area contributed by atoms with Crippen LogP contribution in [0.3, 0.4) is 0 Å². The van der Waals surface area contributed by atoms with Crippen molar-refractivity contribution in [2.75, 3.05) is 6.54 Å². The summed E-state index contributed by atoms with van der Waals surface area (Å²) in [6, 6.07) is 7.01. The zero-order chi connectivity index (χ0) is 13.2. The lowest BCUT2D eigenvalue weighted by atomic mass is 10.1. The summed E-state index contributed by atoms with van der Waals surface area (Å²) >= 11 is 0. The van der Waals surface area contributed by atoms with Gasteiger partial charge in [-0.2, -0.15) is 0 Å². The molecule has 0 radical (unpaired) electrons. The average molecular weight is 245 g/mol. The maximum Gasteiger partial charge on any atom is 0.220 e. The third-order valence-electron chi connectivity index (χ3n) is 2.65. The maximum atomic E-state index is 11.4. The minimum Gasteiger partial charge on any atom is -0.508 e. The van der Waals surface area contributed by atoms with E-state index in [9.17, 15) is 4.79 Å². The first kappa shape index (κ1) is 14.1. The lowest BCUT2D eigenvalue weighted by Gasteiger charge is -2.05. The number of nitrogens with one attached hydrogen (secondary N) is 1. The van der Waals surface area contributed by atoms with Gasteiger partial charge in [-0.1, -0.05) is 12.1 Å². The summed E-state index contributed by atoms with van der Waals surface area (Å²) in [5.41, 5.74) is 1.10. The molecule has 3 nitrogen and oxygen atoms in total. The summed E-state index contributed by atoms with van der Waals surface area (Å²) < 4.78 is 0. The van der Waals surface area contributed by atoms with E-state index in [1.807, 2.05) is 12.1 Å².